The van der Waals surface area contributed by atoms with Gasteiger partial charge in [0.25, 0.3) is 5.91 Å². The summed E-state index contributed by atoms with van der Waals surface area (Å²) >= 11 is 6.80. The molecule has 18 heavy (non-hydrogen) atoms. The van der Waals surface area contributed by atoms with Gasteiger partial charge in [-0.1, -0.05) is 52.6 Å². The van der Waals surface area contributed by atoms with E-state index in [4.69, 9.17) is 0 Å². The molecule has 0 aliphatic carbocycles. The molecule has 0 saturated heterocycles. The second kappa shape index (κ2) is 6.71. The first kappa shape index (κ1) is 15.7. The molecule has 0 unspecified atom stereocenters. The summed E-state index contributed by atoms with van der Waals surface area (Å²) in [5.74, 6) is -0.0115. The number of benzene rings is 1. The molecule has 100 valence electrons. The second-order valence-electron chi connectivity index (χ2n) is 4.45. The largest absolute Gasteiger partial charge is 0.347 e. The summed E-state index contributed by atoms with van der Waals surface area (Å²) < 4.78 is 1.80. The van der Waals surface area contributed by atoms with E-state index in [-0.39, 0.29) is 11.4 Å². The smallest absolute Gasteiger partial charge is 0.251 e. The lowest BCUT2D eigenvalue weighted by Crippen LogP contribution is -2.47. The third-order valence-corrected chi connectivity index (χ3v) is 4.45. The van der Waals surface area contributed by atoms with Crippen molar-refractivity contribution < 1.29 is 4.79 Å². The number of rotatable bonds is 5. The van der Waals surface area contributed by atoms with Crippen molar-refractivity contribution in [1.29, 1.82) is 0 Å². The molecule has 0 bridgehead atoms. The molecule has 1 N–H and O–H groups in total. The van der Waals surface area contributed by atoms with Gasteiger partial charge in [-0.05, 0) is 37.5 Å². The van der Waals surface area contributed by atoms with Crippen molar-refractivity contribution in [2.75, 3.05) is 0 Å². The third kappa shape index (κ3) is 3.82. The fraction of sp³-hybridized carbons (Fsp3) is 0.500. The fourth-order valence-corrected chi connectivity index (χ4v) is 3.31. The Labute approximate surface area is 126 Å². The molecule has 1 aromatic carbocycles. The van der Waals surface area contributed by atoms with Gasteiger partial charge in [-0.3, -0.25) is 4.79 Å². The molecule has 0 aliphatic heterocycles. The van der Waals surface area contributed by atoms with Crippen LogP contribution in [0.3, 0.4) is 0 Å². The van der Waals surface area contributed by atoms with E-state index in [1.165, 1.54) is 0 Å². The Bertz CT molecular complexity index is 399. The van der Waals surface area contributed by atoms with Crippen molar-refractivity contribution in [2.24, 2.45) is 0 Å². The number of hydrogen-bond donors (Lipinski definition) is 1. The second-order valence-corrected chi connectivity index (χ2v) is 6.28. The van der Waals surface area contributed by atoms with E-state index in [1.54, 1.807) is 0 Å². The molecule has 0 heterocycles. The monoisotopic (exact) mass is 375 g/mol. The van der Waals surface area contributed by atoms with Gasteiger partial charge in [0.15, 0.2) is 0 Å². The third-order valence-electron chi connectivity index (χ3n) is 3.53. The van der Waals surface area contributed by atoms with Gasteiger partial charge >= 0.3 is 0 Å². The van der Waals surface area contributed by atoms with Gasteiger partial charge in [0.05, 0.1) is 0 Å². The Morgan fingerprint density at radius 1 is 1.06 bits per heavy atom. The summed E-state index contributed by atoms with van der Waals surface area (Å²) in [6, 6.07) is 5.60. The maximum atomic E-state index is 12.3. The van der Waals surface area contributed by atoms with Crippen molar-refractivity contribution in [2.45, 2.75) is 45.6 Å². The molecule has 1 rings (SSSR count). The molecule has 1 amide bonds. The van der Waals surface area contributed by atoms with Gasteiger partial charge in [-0.25, -0.2) is 0 Å². The molecule has 1 aromatic rings. The van der Waals surface area contributed by atoms with Gasteiger partial charge in [-0.15, -0.1) is 0 Å². The van der Waals surface area contributed by atoms with Crippen LogP contribution in [0.15, 0.2) is 27.1 Å². The van der Waals surface area contributed by atoms with Gasteiger partial charge in [0.2, 0.25) is 0 Å². The van der Waals surface area contributed by atoms with E-state index in [2.05, 4.69) is 57.9 Å². The summed E-state index contributed by atoms with van der Waals surface area (Å²) in [7, 11) is 0. The quantitative estimate of drug-likeness (QED) is 0.776. The summed E-state index contributed by atoms with van der Waals surface area (Å²) in [6.45, 7) is 6.35. The van der Waals surface area contributed by atoms with Crippen molar-refractivity contribution in [3.8, 4) is 0 Å². The van der Waals surface area contributed by atoms with E-state index >= 15 is 0 Å². The summed E-state index contributed by atoms with van der Waals surface area (Å²) in [5, 5.41) is 3.17. The average Bonchev–Trinajstić information content (AvgIpc) is 2.35. The van der Waals surface area contributed by atoms with E-state index in [0.29, 0.717) is 5.56 Å². The van der Waals surface area contributed by atoms with Gasteiger partial charge in [0, 0.05) is 20.0 Å². The lowest BCUT2D eigenvalue weighted by atomic mass is 9.89. The summed E-state index contributed by atoms with van der Waals surface area (Å²) in [6.07, 6.45) is 2.84. The van der Waals surface area contributed by atoms with Crippen molar-refractivity contribution in [3.05, 3.63) is 32.7 Å². The highest BCUT2D eigenvalue weighted by molar-refractivity contribution is 9.11. The van der Waals surface area contributed by atoms with Crippen LogP contribution in [0, 0.1) is 0 Å². The highest BCUT2D eigenvalue weighted by atomic mass is 79.9. The normalized spacial score (nSPS) is 11.4. The minimum atomic E-state index is -0.0914. The lowest BCUT2D eigenvalue weighted by molar-refractivity contribution is 0.0888. The van der Waals surface area contributed by atoms with Crippen molar-refractivity contribution >= 4 is 37.8 Å². The van der Waals surface area contributed by atoms with Gasteiger partial charge in [0.1, 0.15) is 0 Å². The molecular formula is C14H19Br2NO. The molecular weight excluding hydrogens is 358 g/mol. The minimum Gasteiger partial charge on any atom is -0.347 e. The van der Waals surface area contributed by atoms with Crippen LogP contribution in [0.4, 0.5) is 0 Å². The summed E-state index contributed by atoms with van der Waals surface area (Å²) in [5.41, 5.74) is 0.585. The highest BCUT2D eigenvalue weighted by Gasteiger charge is 2.26. The Morgan fingerprint density at radius 2 is 1.50 bits per heavy atom. The number of carbonyl (C=O) groups is 1. The maximum absolute atomic E-state index is 12.3. The molecule has 0 aliphatic rings. The van der Waals surface area contributed by atoms with E-state index in [1.807, 2.05) is 18.2 Å². The fourth-order valence-electron chi connectivity index (χ4n) is 2.01. The molecule has 0 fully saturated rings. The van der Waals surface area contributed by atoms with Crippen LogP contribution in [-0.4, -0.2) is 11.4 Å². The molecule has 0 aromatic heterocycles. The number of nitrogens with one attached hydrogen (secondary N) is 1. The zero-order chi connectivity index (χ0) is 13.8. The minimum absolute atomic E-state index is 0.0115. The Morgan fingerprint density at radius 3 is 1.89 bits per heavy atom. The van der Waals surface area contributed by atoms with Crippen molar-refractivity contribution in [1.82, 2.24) is 5.32 Å². The van der Waals surface area contributed by atoms with Crippen LogP contribution in [0.5, 0.6) is 0 Å². The van der Waals surface area contributed by atoms with E-state index in [9.17, 15) is 4.79 Å². The maximum Gasteiger partial charge on any atom is 0.251 e. The Hall–Kier alpha value is -0.350. The zero-order valence-corrected chi connectivity index (χ0v) is 14.2. The van der Waals surface area contributed by atoms with Crippen LogP contribution >= 0.6 is 31.9 Å². The predicted molar refractivity (Wildman–Crippen MR) is 82.9 cm³/mol. The average molecular weight is 377 g/mol. The van der Waals surface area contributed by atoms with E-state index < -0.39 is 0 Å². The van der Waals surface area contributed by atoms with E-state index in [0.717, 1.165) is 28.2 Å². The standard InChI is InChI=1S/C14H19Br2NO/c1-4-14(5-2,6-3)17-13(18)10-7-11(15)9-12(16)8-10/h7-9H,4-6H2,1-3H3,(H,17,18). The van der Waals surface area contributed by atoms with Crippen LogP contribution in [0.25, 0.3) is 0 Å². The van der Waals surface area contributed by atoms with Gasteiger partial charge < -0.3 is 5.32 Å². The lowest BCUT2D eigenvalue weighted by Gasteiger charge is -2.31. The number of amides is 1. The first-order valence-electron chi connectivity index (χ1n) is 6.25. The topological polar surface area (TPSA) is 29.1 Å². The number of carbonyl (C=O) groups excluding carboxylic acids is 1. The molecule has 0 saturated carbocycles. The van der Waals surface area contributed by atoms with Crippen LogP contribution in [0.2, 0.25) is 0 Å². The SMILES string of the molecule is CCC(CC)(CC)NC(=O)c1cc(Br)cc(Br)c1. The Kier molecular flexibility index (Phi) is 5.86. The van der Waals surface area contributed by atoms with Crippen LogP contribution in [-0.2, 0) is 0 Å². The molecule has 4 heteroatoms. The van der Waals surface area contributed by atoms with Gasteiger partial charge in [-0.2, -0.15) is 0 Å². The molecule has 0 radical (unpaired) electrons. The molecule has 0 spiro atoms. The predicted octanol–water partition coefficient (Wildman–Crippen LogP) is 4.91. The van der Waals surface area contributed by atoms with Crippen molar-refractivity contribution in [3.63, 3.8) is 0 Å². The Balaban J connectivity index is 2.94. The number of hydrogen-bond acceptors (Lipinski definition) is 1. The summed E-state index contributed by atoms with van der Waals surface area (Å²) in [4.78, 5) is 12.3. The van der Waals surface area contributed by atoms with Crippen LogP contribution < -0.4 is 5.32 Å². The highest BCUT2D eigenvalue weighted by Crippen LogP contribution is 2.23. The number of halogens is 2. The first-order valence-corrected chi connectivity index (χ1v) is 7.83. The molecule has 2 nitrogen and oxygen atoms in total. The first-order chi connectivity index (χ1) is 8.46. The zero-order valence-electron chi connectivity index (χ0n) is 11.0. The molecule has 0 atom stereocenters. The van der Waals surface area contributed by atoms with Crippen LogP contribution in [0.1, 0.15) is 50.4 Å².